The minimum Gasteiger partial charge on any atom is -0.390 e. The van der Waals surface area contributed by atoms with Gasteiger partial charge in [0.25, 0.3) is 0 Å². The number of nitrogens with zero attached hydrogens (tertiary/aromatic N) is 2. The molecule has 1 aromatic heterocycles. The SMILES string of the molecule is CCC(C)N(CCOC)S(=O)(=O)c1cc(CO)n(C)c1. The van der Waals surface area contributed by atoms with Crippen molar-refractivity contribution in [2.45, 2.75) is 37.8 Å². The van der Waals surface area contributed by atoms with Gasteiger partial charge < -0.3 is 14.4 Å². The number of aliphatic hydroxyl groups is 1. The lowest BCUT2D eigenvalue weighted by atomic mass is 10.3. The molecule has 0 aliphatic carbocycles. The second-order valence-corrected chi connectivity index (χ2v) is 6.69. The van der Waals surface area contributed by atoms with Crippen LogP contribution in [0.15, 0.2) is 17.2 Å². The van der Waals surface area contributed by atoms with Crippen LogP contribution in [0.3, 0.4) is 0 Å². The normalized spacial score (nSPS) is 13.9. The number of aryl methyl sites for hydroxylation is 1. The van der Waals surface area contributed by atoms with Crippen LogP contribution in [0.2, 0.25) is 0 Å². The molecule has 0 spiro atoms. The summed E-state index contributed by atoms with van der Waals surface area (Å²) < 4.78 is 33.5. The Hall–Kier alpha value is -0.890. The van der Waals surface area contributed by atoms with Crippen LogP contribution in [0.4, 0.5) is 0 Å². The van der Waals surface area contributed by atoms with Crippen LogP contribution < -0.4 is 0 Å². The van der Waals surface area contributed by atoms with E-state index < -0.39 is 10.0 Å². The molecular formula is C13H24N2O4S. The Labute approximate surface area is 121 Å². The highest BCUT2D eigenvalue weighted by atomic mass is 32.2. The van der Waals surface area contributed by atoms with Gasteiger partial charge in [-0.3, -0.25) is 0 Å². The first-order chi connectivity index (χ1) is 9.38. The molecule has 1 unspecified atom stereocenters. The molecule has 0 radical (unpaired) electrons. The predicted molar refractivity (Wildman–Crippen MR) is 76.9 cm³/mol. The van der Waals surface area contributed by atoms with E-state index in [1.54, 1.807) is 18.7 Å². The van der Waals surface area contributed by atoms with Crippen LogP contribution in [0.25, 0.3) is 0 Å². The van der Waals surface area contributed by atoms with Crippen molar-refractivity contribution in [3.8, 4) is 0 Å². The zero-order valence-electron chi connectivity index (χ0n) is 12.5. The van der Waals surface area contributed by atoms with Gasteiger partial charge in [-0.15, -0.1) is 0 Å². The van der Waals surface area contributed by atoms with Crippen molar-refractivity contribution < 1.29 is 18.3 Å². The van der Waals surface area contributed by atoms with Crippen molar-refractivity contribution in [3.05, 3.63) is 18.0 Å². The summed E-state index contributed by atoms with van der Waals surface area (Å²) in [4.78, 5) is 0.209. The Balaban J connectivity index is 3.14. The average molecular weight is 304 g/mol. The summed E-state index contributed by atoms with van der Waals surface area (Å²) in [5.74, 6) is 0. The average Bonchev–Trinajstić information content (AvgIpc) is 2.80. The van der Waals surface area contributed by atoms with Gasteiger partial charge in [0.05, 0.1) is 13.2 Å². The summed E-state index contributed by atoms with van der Waals surface area (Å²) in [5.41, 5.74) is 0.569. The molecule has 0 saturated carbocycles. The maximum absolute atomic E-state index is 12.7. The molecule has 0 aliphatic heterocycles. The molecule has 1 aromatic rings. The Morgan fingerprint density at radius 3 is 2.60 bits per heavy atom. The van der Waals surface area contributed by atoms with E-state index in [-0.39, 0.29) is 17.5 Å². The lowest BCUT2D eigenvalue weighted by molar-refractivity contribution is 0.167. The monoisotopic (exact) mass is 304 g/mol. The van der Waals surface area contributed by atoms with Crippen molar-refractivity contribution in [1.82, 2.24) is 8.87 Å². The number of sulfonamides is 1. The van der Waals surface area contributed by atoms with Gasteiger partial charge in [0.15, 0.2) is 0 Å². The zero-order chi connectivity index (χ0) is 15.3. The Bertz CT molecular complexity index is 524. The summed E-state index contributed by atoms with van der Waals surface area (Å²) in [6.45, 7) is 4.31. The van der Waals surface area contributed by atoms with E-state index in [0.29, 0.717) is 18.8 Å². The van der Waals surface area contributed by atoms with Gasteiger partial charge in [-0.25, -0.2) is 8.42 Å². The molecule has 20 heavy (non-hydrogen) atoms. The topological polar surface area (TPSA) is 71.8 Å². The van der Waals surface area contributed by atoms with Crippen molar-refractivity contribution in [1.29, 1.82) is 0 Å². The number of aliphatic hydroxyl groups excluding tert-OH is 1. The van der Waals surface area contributed by atoms with Crippen molar-refractivity contribution in [2.24, 2.45) is 7.05 Å². The number of aromatic nitrogens is 1. The first kappa shape index (κ1) is 17.2. The maximum atomic E-state index is 12.7. The fraction of sp³-hybridized carbons (Fsp3) is 0.692. The fourth-order valence-electron chi connectivity index (χ4n) is 1.97. The smallest absolute Gasteiger partial charge is 0.244 e. The molecule has 7 heteroatoms. The largest absolute Gasteiger partial charge is 0.390 e. The van der Waals surface area contributed by atoms with Crippen molar-refractivity contribution in [3.63, 3.8) is 0 Å². The van der Waals surface area contributed by atoms with Gasteiger partial charge in [-0.1, -0.05) is 6.92 Å². The Kier molecular flexibility index (Phi) is 6.19. The second kappa shape index (κ2) is 7.21. The Morgan fingerprint density at radius 1 is 1.50 bits per heavy atom. The number of hydrogen-bond donors (Lipinski definition) is 1. The van der Waals surface area contributed by atoms with Gasteiger partial charge in [0, 0.05) is 38.6 Å². The summed E-state index contributed by atoms with van der Waals surface area (Å²) >= 11 is 0. The summed E-state index contributed by atoms with van der Waals surface area (Å²) in [6, 6.07) is 1.41. The van der Waals surface area contributed by atoms with Gasteiger partial charge >= 0.3 is 0 Å². The molecule has 1 heterocycles. The molecule has 0 bridgehead atoms. The third-order valence-corrected chi connectivity index (χ3v) is 5.43. The van der Waals surface area contributed by atoms with Gasteiger partial charge in [-0.05, 0) is 19.4 Å². The molecule has 1 atom stereocenters. The van der Waals surface area contributed by atoms with E-state index in [1.807, 2.05) is 13.8 Å². The molecule has 0 aliphatic rings. The molecule has 6 nitrogen and oxygen atoms in total. The molecule has 1 N–H and O–H groups in total. The number of ether oxygens (including phenoxy) is 1. The minimum absolute atomic E-state index is 0.104. The Morgan fingerprint density at radius 2 is 2.15 bits per heavy atom. The molecule has 0 amide bonds. The van der Waals surface area contributed by atoms with E-state index in [4.69, 9.17) is 4.74 Å². The fourth-order valence-corrected chi connectivity index (χ4v) is 3.76. The van der Waals surface area contributed by atoms with E-state index in [9.17, 15) is 13.5 Å². The third-order valence-electron chi connectivity index (χ3n) is 3.45. The molecule has 0 saturated heterocycles. The molecule has 0 fully saturated rings. The molecule has 1 rings (SSSR count). The van der Waals surface area contributed by atoms with E-state index in [1.165, 1.54) is 16.6 Å². The predicted octanol–water partition coefficient (Wildman–Crippen LogP) is 0.953. The van der Waals surface area contributed by atoms with Gasteiger partial charge in [0.2, 0.25) is 10.0 Å². The number of hydrogen-bond acceptors (Lipinski definition) is 4. The standard InChI is InChI=1S/C13H24N2O4S/c1-5-11(2)15(6-7-19-4)20(17,18)13-8-12(10-16)14(3)9-13/h8-9,11,16H,5-7,10H2,1-4H3. The summed E-state index contributed by atoms with van der Waals surface area (Å²) in [5, 5.41) is 9.18. The van der Waals surface area contributed by atoms with E-state index in [0.717, 1.165) is 6.42 Å². The third kappa shape index (κ3) is 3.60. The van der Waals surface area contributed by atoms with Crippen LogP contribution in [0, 0.1) is 0 Å². The molecule has 116 valence electrons. The molecular weight excluding hydrogens is 280 g/mol. The first-order valence-corrected chi connectivity index (χ1v) is 8.09. The number of methoxy groups -OCH3 is 1. The highest BCUT2D eigenvalue weighted by Gasteiger charge is 2.29. The first-order valence-electron chi connectivity index (χ1n) is 6.65. The quantitative estimate of drug-likeness (QED) is 0.776. The van der Waals surface area contributed by atoms with Crippen LogP contribution in [-0.2, 0) is 28.4 Å². The molecule has 0 aromatic carbocycles. The lowest BCUT2D eigenvalue weighted by Gasteiger charge is -2.26. The summed E-state index contributed by atoms with van der Waals surface area (Å²) in [6.07, 6.45) is 2.26. The van der Waals surface area contributed by atoms with Gasteiger partial charge in [0.1, 0.15) is 4.90 Å². The maximum Gasteiger partial charge on any atom is 0.244 e. The van der Waals surface area contributed by atoms with Crippen LogP contribution in [0.5, 0.6) is 0 Å². The van der Waals surface area contributed by atoms with Crippen molar-refractivity contribution >= 4 is 10.0 Å². The highest BCUT2D eigenvalue weighted by Crippen LogP contribution is 2.21. The van der Waals surface area contributed by atoms with Crippen molar-refractivity contribution in [2.75, 3.05) is 20.3 Å². The van der Waals surface area contributed by atoms with E-state index in [2.05, 4.69) is 0 Å². The second-order valence-electron chi connectivity index (χ2n) is 4.80. The van der Waals surface area contributed by atoms with Gasteiger partial charge in [-0.2, -0.15) is 4.31 Å². The van der Waals surface area contributed by atoms with Crippen LogP contribution in [0.1, 0.15) is 26.0 Å². The zero-order valence-corrected chi connectivity index (χ0v) is 13.4. The highest BCUT2D eigenvalue weighted by molar-refractivity contribution is 7.89. The number of rotatable bonds is 8. The van der Waals surface area contributed by atoms with Crippen LogP contribution >= 0.6 is 0 Å². The minimum atomic E-state index is -3.58. The summed E-state index contributed by atoms with van der Waals surface area (Å²) in [7, 11) is -0.310. The van der Waals surface area contributed by atoms with Crippen LogP contribution in [-0.4, -0.2) is 48.7 Å². The lowest BCUT2D eigenvalue weighted by Crippen LogP contribution is -2.40. The van der Waals surface area contributed by atoms with E-state index >= 15 is 0 Å².